The first-order chi connectivity index (χ1) is 18.0. The Labute approximate surface area is 227 Å². The first kappa shape index (κ1) is 32.3. The smallest absolute Gasteiger partial charge is 0.351 e. The molecule has 0 aliphatic carbocycles. The van der Waals surface area contributed by atoms with Crippen LogP contribution in [0.25, 0.3) is 0 Å². The highest BCUT2D eigenvalue weighted by Gasteiger charge is 2.37. The van der Waals surface area contributed by atoms with Crippen molar-refractivity contribution in [1.29, 1.82) is 0 Å². The molecule has 0 saturated heterocycles. The zero-order valence-electron chi connectivity index (χ0n) is 22.3. The molecule has 1 unspecified atom stereocenters. The average Bonchev–Trinajstić information content (AvgIpc) is 3.29. The summed E-state index contributed by atoms with van der Waals surface area (Å²) in [6, 6.07) is 0.703. The third-order valence-corrected chi connectivity index (χ3v) is 7.20. The van der Waals surface area contributed by atoms with Gasteiger partial charge in [-0.15, -0.1) is 11.3 Å². The number of alkyl halides is 6. The van der Waals surface area contributed by atoms with E-state index < -0.39 is 47.9 Å². The van der Waals surface area contributed by atoms with Crippen LogP contribution in [0.15, 0.2) is 23.6 Å². The van der Waals surface area contributed by atoms with E-state index in [9.17, 15) is 35.9 Å². The third-order valence-electron chi connectivity index (χ3n) is 6.42. The van der Waals surface area contributed by atoms with Crippen LogP contribution in [0.5, 0.6) is 0 Å². The van der Waals surface area contributed by atoms with E-state index in [-0.39, 0.29) is 22.3 Å². The van der Waals surface area contributed by atoms with E-state index in [0.29, 0.717) is 30.7 Å². The van der Waals surface area contributed by atoms with Crippen LogP contribution in [-0.2, 0) is 23.7 Å². The van der Waals surface area contributed by atoms with Crippen LogP contribution in [0.1, 0.15) is 68.8 Å². The fraction of sp³-hybridized carbons (Fsp3) is 0.560. The van der Waals surface area contributed by atoms with Crippen LogP contribution < -0.4 is 16.0 Å². The Balaban J connectivity index is 2.33. The molecule has 2 rings (SSSR count). The van der Waals surface area contributed by atoms with Gasteiger partial charge in [0.05, 0.1) is 22.7 Å². The molecule has 39 heavy (non-hydrogen) atoms. The second-order valence-corrected chi connectivity index (χ2v) is 10.3. The molecule has 0 aliphatic rings. The summed E-state index contributed by atoms with van der Waals surface area (Å²) in [5, 5.41) is 9.21. The topological polar surface area (TPSA) is 86.4 Å². The fourth-order valence-electron chi connectivity index (χ4n) is 4.25. The predicted octanol–water partition coefficient (Wildman–Crippen LogP) is 6.23. The lowest BCUT2D eigenvalue weighted by Gasteiger charge is -2.38. The summed E-state index contributed by atoms with van der Waals surface area (Å²) in [6.45, 7) is 9.07. The summed E-state index contributed by atoms with van der Waals surface area (Å²) in [7, 11) is 1.42. The molecule has 14 heteroatoms. The maximum absolute atomic E-state index is 13.3. The van der Waals surface area contributed by atoms with Gasteiger partial charge in [-0.2, -0.15) is 26.3 Å². The van der Waals surface area contributed by atoms with Gasteiger partial charge in [0.2, 0.25) is 5.91 Å². The highest BCUT2D eigenvalue weighted by atomic mass is 32.1. The van der Waals surface area contributed by atoms with Crippen molar-refractivity contribution in [2.45, 2.75) is 70.9 Å². The number of rotatable bonds is 11. The molecule has 7 nitrogen and oxygen atoms in total. The minimum absolute atomic E-state index is 0.0413. The second kappa shape index (κ2) is 13.0. The maximum atomic E-state index is 13.3. The summed E-state index contributed by atoms with van der Waals surface area (Å²) in [5.74, 6) is -1.46. The van der Waals surface area contributed by atoms with Gasteiger partial charge < -0.3 is 10.6 Å². The molecule has 0 saturated carbocycles. The molecular formula is C25H33F6N5O2S. The van der Waals surface area contributed by atoms with Gasteiger partial charge in [-0.25, -0.2) is 9.78 Å². The Morgan fingerprint density at radius 2 is 1.56 bits per heavy atom. The molecule has 0 radical (unpaired) electrons. The number of carbonyl (C=O) groups is 2. The number of benzene rings is 1. The van der Waals surface area contributed by atoms with Crippen molar-refractivity contribution in [2.75, 3.05) is 25.5 Å². The SMILES string of the molecule is CCN(CC)C(C)(C)CCC(C(=O)NCc1cc(C(F)(F)F)cc(C(F)(F)F)c1)c1csc(NC(=O)NC)n1. The molecule has 3 amide bonds. The van der Waals surface area contributed by atoms with E-state index in [4.69, 9.17) is 0 Å². The van der Waals surface area contributed by atoms with Crippen LogP contribution in [0.2, 0.25) is 0 Å². The van der Waals surface area contributed by atoms with Crippen LogP contribution in [0, 0.1) is 0 Å². The normalized spacial score (nSPS) is 13.3. The summed E-state index contributed by atoms with van der Waals surface area (Å²) in [4.78, 5) is 31.5. The van der Waals surface area contributed by atoms with Gasteiger partial charge >= 0.3 is 18.4 Å². The first-order valence-electron chi connectivity index (χ1n) is 12.3. The number of nitrogens with zero attached hydrogens (tertiary/aromatic N) is 2. The van der Waals surface area contributed by atoms with Gasteiger partial charge in [-0.1, -0.05) is 13.8 Å². The van der Waals surface area contributed by atoms with Crippen molar-refractivity contribution in [3.05, 3.63) is 46.0 Å². The Bertz CT molecular complexity index is 1100. The van der Waals surface area contributed by atoms with Gasteiger partial charge in [0.15, 0.2) is 5.13 Å². The van der Waals surface area contributed by atoms with Gasteiger partial charge in [-0.05, 0) is 63.5 Å². The molecular weight excluding hydrogens is 548 g/mol. The van der Waals surface area contributed by atoms with Gasteiger partial charge in [0.25, 0.3) is 0 Å². The number of nitrogens with one attached hydrogen (secondary N) is 3. The largest absolute Gasteiger partial charge is 0.416 e. The highest BCUT2D eigenvalue weighted by Crippen LogP contribution is 2.36. The monoisotopic (exact) mass is 581 g/mol. The molecule has 1 heterocycles. The molecule has 1 atom stereocenters. The lowest BCUT2D eigenvalue weighted by atomic mass is 9.89. The molecule has 0 spiro atoms. The molecule has 1 aromatic heterocycles. The van der Waals surface area contributed by atoms with Crippen LogP contribution in [-0.4, -0.2) is 47.5 Å². The molecule has 1 aromatic carbocycles. The standard InChI is InChI=1S/C25H33F6N5O2S/c1-6-36(7-2)23(3,4)9-8-18(19-14-39-22(34-19)35-21(38)32-5)20(37)33-13-15-10-16(24(26,27)28)12-17(11-15)25(29,30)31/h10-12,14,18H,6-9,13H2,1-5H3,(H,33,37)(H2,32,34,35,38). The maximum Gasteiger partial charge on any atom is 0.416 e. The third kappa shape index (κ3) is 9.09. The number of urea groups is 1. The highest BCUT2D eigenvalue weighted by molar-refractivity contribution is 7.13. The number of halogens is 6. The minimum Gasteiger partial charge on any atom is -0.351 e. The molecule has 3 N–H and O–H groups in total. The van der Waals surface area contributed by atoms with E-state index in [0.717, 1.165) is 24.4 Å². The molecule has 2 aromatic rings. The fourth-order valence-corrected chi connectivity index (χ4v) is 5.00. The Morgan fingerprint density at radius 1 is 1.00 bits per heavy atom. The van der Waals surface area contributed by atoms with Crippen molar-refractivity contribution in [2.24, 2.45) is 0 Å². The zero-order chi connectivity index (χ0) is 29.6. The quantitative estimate of drug-likeness (QED) is 0.275. The predicted molar refractivity (Wildman–Crippen MR) is 137 cm³/mol. The van der Waals surface area contributed by atoms with Crippen molar-refractivity contribution >= 4 is 28.4 Å². The van der Waals surface area contributed by atoms with E-state index >= 15 is 0 Å². The summed E-state index contributed by atoms with van der Waals surface area (Å²) >= 11 is 1.09. The number of amides is 3. The van der Waals surface area contributed by atoms with Crippen molar-refractivity contribution in [3.63, 3.8) is 0 Å². The summed E-state index contributed by atoms with van der Waals surface area (Å²) in [6.07, 6.45) is -9.14. The Kier molecular flexibility index (Phi) is 10.8. The number of aromatic nitrogens is 1. The second-order valence-electron chi connectivity index (χ2n) is 9.49. The number of carbonyl (C=O) groups excluding carboxylic acids is 2. The van der Waals surface area contributed by atoms with Crippen LogP contribution in [0.4, 0.5) is 36.3 Å². The molecule has 218 valence electrons. The average molecular weight is 582 g/mol. The Hall–Kier alpha value is -2.87. The molecule has 0 fully saturated rings. The van der Waals surface area contributed by atoms with Gasteiger partial charge in [-0.3, -0.25) is 15.0 Å². The van der Waals surface area contributed by atoms with Gasteiger partial charge in [0, 0.05) is 24.5 Å². The van der Waals surface area contributed by atoms with Gasteiger partial charge in [0.1, 0.15) is 0 Å². The lowest BCUT2D eigenvalue weighted by molar-refractivity contribution is -0.143. The summed E-state index contributed by atoms with van der Waals surface area (Å²) < 4.78 is 79.4. The number of anilines is 1. The Morgan fingerprint density at radius 3 is 2.05 bits per heavy atom. The zero-order valence-corrected chi connectivity index (χ0v) is 23.1. The van der Waals surface area contributed by atoms with Crippen molar-refractivity contribution in [1.82, 2.24) is 20.5 Å². The van der Waals surface area contributed by atoms with E-state index in [1.165, 1.54) is 7.05 Å². The van der Waals surface area contributed by atoms with E-state index in [1.807, 2.05) is 27.7 Å². The van der Waals surface area contributed by atoms with Crippen LogP contribution in [0.3, 0.4) is 0 Å². The number of hydrogen-bond acceptors (Lipinski definition) is 5. The first-order valence-corrected chi connectivity index (χ1v) is 13.1. The lowest BCUT2D eigenvalue weighted by Crippen LogP contribution is -2.44. The number of thiazole rings is 1. The van der Waals surface area contributed by atoms with E-state index in [1.54, 1.807) is 5.38 Å². The summed E-state index contributed by atoms with van der Waals surface area (Å²) in [5.41, 5.74) is -3.22. The number of hydrogen-bond donors (Lipinski definition) is 3. The van der Waals surface area contributed by atoms with Crippen molar-refractivity contribution < 1.29 is 35.9 Å². The van der Waals surface area contributed by atoms with E-state index in [2.05, 4.69) is 25.8 Å². The molecule has 0 aliphatic heterocycles. The van der Waals surface area contributed by atoms with Crippen LogP contribution >= 0.6 is 11.3 Å². The minimum atomic E-state index is -4.99. The van der Waals surface area contributed by atoms with Crippen molar-refractivity contribution in [3.8, 4) is 0 Å². The molecule has 0 bridgehead atoms.